The SMILES string of the molecule is O=C(O)C(F)(F)F.O=C(O)C(F)(F)F.O=C1CCCN1C[C@H]1OC[C@@H]2CCN(Cc3ccncc3)C[C@@H]21. The third-order valence-corrected chi connectivity index (χ3v) is 6.10. The highest BCUT2D eigenvalue weighted by atomic mass is 19.4. The molecule has 9 nitrogen and oxygen atoms in total. The van der Waals surface area contributed by atoms with Gasteiger partial charge in [0, 0.05) is 50.9 Å². The summed E-state index contributed by atoms with van der Waals surface area (Å²) in [5.41, 5.74) is 1.32. The standard InChI is InChI=1S/C18H25N3O2.2C2HF3O2/c22-18-2-1-8-21(18)12-17-16-11-20(9-5-15(16)13-23-17)10-14-3-6-19-7-4-14;2*3-2(4,5)1(6)7/h3-4,6-7,15-17H,1-2,5,8-13H2;2*(H,6,7)/t15-,16-,17+;;/m0../s1. The largest absolute Gasteiger partial charge is 0.490 e. The van der Waals surface area contributed by atoms with Crippen LogP contribution in [0.4, 0.5) is 26.3 Å². The lowest BCUT2D eigenvalue weighted by atomic mass is 9.84. The first-order valence-electron chi connectivity index (χ1n) is 11.3. The highest BCUT2D eigenvalue weighted by Gasteiger charge is 2.42. The second-order valence-corrected chi connectivity index (χ2v) is 8.72. The fourth-order valence-electron chi connectivity index (χ4n) is 4.29. The molecule has 4 rings (SSSR count). The summed E-state index contributed by atoms with van der Waals surface area (Å²) in [6.45, 7) is 5.80. The van der Waals surface area contributed by atoms with E-state index in [1.54, 1.807) is 0 Å². The minimum atomic E-state index is -5.08. The number of likely N-dealkylation sites (tertiary alicyclic amines) is 2. The maximum absolute atomic E-state index is 11.9. The Bertz CT molecular complexity index is 890. The zero-order chi connectivity index (χ0) is 27.8. The van der Waals surface area contributed by atoms with Gasteiger partial charge in [-0.3, -0.25) is 14.7 Å². The molecular weight excluding hydrogens is 516 g/mol. The second kappa shape index (κ2) is 13.0. The Morgan fingerprint density at radius 2 is 1.59 bits per heavy atom. The molecule has 0 aliphatic carbocycles. The number of halogens is 6. The molecule has 0 radical (unpaired) electrons. The third kappa shape index (κ3) is 9.80. The first kappa shape index (κ1) is 30.3. The second-order valence-electron chi connectivity index (χ2n) is 8.72. The molecular formula is C22H27F6N3O6. The van der Waals surface area contributed by atoms with Crippen LogP contribution in [0.5, 0.6) is 0 Å². The van der Waals surface area contributed by atoms with E-state index >= 15 is 0 Å². The molecule has 0 bridgehead atoms. The van der Waals surface area contributed by atoms with Gasteiger partial charge in [-0.15, -0.1) is 0 Å². The van der Waals surface area contributed by atoms with Crippen molar-refractivity contribution >= 4 is 17.8 Å². The fraction of sp³-hybridized carbons (Fsp3) is 0.636. The average molecular weight is 543 g/mol. The van der Waals surface area contributed by atoms with E-state index in [2.05, 4.69) is 22.0 Å². The molecule has 208 valence electrons. The number of ether oxygens (including phenoxy) is 1. The van der Waals surface area contributed by atoms with Crippen LogP contribution in [0.15, 0.2) is 24.5 Å². The summed E-state index contributed by atoms with van der Waals surface area (Å²) in [7, 11) is 0. The van der Waals surface area contributed by atoms with Crippen LogP contribution < -0.4 is 0 Å². The van der Waals surface area contributed by atoms with Crippen molar-refractivity contribution in [3.8, 4) is 0 Å². The van der Waals surface area contributed by atoms with E-state index in [4.69, 9.17) is 24.5 Å². The minimum Gasteiger partial charge on any atom is -0.475 e. The molecule has 37 heavy (non-hydrogen) atoms. The summed E-state index contributed by atoms with van der Waals surface area (Å²) < 4.78 is 69.6. The lowest BCUT2D eigenvalue weighted by Crippen LogP contribution is -2.45. The first-order valence-corrected chi connectivity index (χ1v) is 11.3. The number of carboxylic acid groups (broad SMARTS) is 2. The number of hydrogen-bond acceptors (Lipinski definition) is 6. The number of carbonyl (C=O) groups is 3. The molecule has 1 aromatic rings. The smallest absolute Gasteiger partial charge is 0.475 e. The van der Waals surface area contributed by atoms with Crippen molar-refractivity contribution in [2.75, 3.05) is 32.8 Å². The molecule has 1 amide bonds. The summed E-state index contributed by atoms with van der Waals surface area (Å²) in [6, 6.07) is 4.19. The van der Waals surface area contributed by atoms with Gasteiger partial charge < -0.3 is 19.8 Å². The molecule has 1 aromatic heterocycles. The van der Waals surface area contributed by atoms with Gasteiger partial charge in [0.15, 0.2) is 0 Å². The zero-order valence-corrected chi connectivity index (χ0v) is 19.5. The molecule has 4 heterocycles. The number of amides is 1. The van der Waals surface area contributed by atoms with Crippen molar-refractivity contribution < 1.29 is 55.7 Å². The van der Waals surface area contributed by atoms with E-state index in [0.717, 1.165) is 52.2 Å². The Hall–Kier alpha value is -2.94. The van der Waals surface area contributed by atoms with Crippen molar-refractivity contribution in [2.45, 2.75) is 44.3 Å². The van der Waals surface area contributed by atoms with Gasteiger partial charge in [0.1, 0.15) is 0 Å². The third-order valence-electron chi connectivity index (χ3n) is 6.10. The molecule has 15 heteroatoms. The van der Waals surface area contributed by atoms with Gasteiger partial charge in [-0.25, -0.2) is 9.59 Å². The van der Waals surface area contributed by atoms with Crippen molar-refractivity contribution in [3.05, 3.63) is 30.1 Å². The van der Waals surface area contributed by atoms with Gasteiger partial charge in [-0.1, -0.05) is 0 Å². The number of aromatic nitrogens is 1. The number of carboxylic acids is 2. The van der Waals surface area contributed by atoms with E-state index < -0.39 is 24.3 Å². The zero-order valence-electron chi connectivity index (χ0n) is 19.5. The molecule has 2 N–H and O–H groups in total. The van der Waals surface area contributed by atoms with Crippen LogP contribution in [0.2, 0.25) is 0 Å². The fourth-order valence-corrected chi connectivity index (χ4v) is 4.29. The number of alkyl halides is 6. The highest BCUT2D eigenvalue weighted by molar-refractivity contribution is 5.78. The number of hydrogen-bond donors (Lipinski definition) is 2. The maximum atomic E-state index is 11.9. The number of aliphatic carboxylic acids is 2. The first-order chi connectivity index (χ1) is 17.2. The molecule has 0 spiro atoms. The number of carbonyl (C=O) groups excluding carboxylic acids is 1. The van der Waals surface area contributed by atoms with Crippen LogP contribution >= 0.6 is 0 Å². The molecule has 3 fully saturated rings. The normalized spacial score (nSPS) is 23.9. The molecule has 3 atom stereocenters. The topological polar surface area (TPSA) is 120 Å². The van der Waals surface area contributed by atoms with Gasteiger partial charge in [0.05, 0.1) is 12.7 Å². The van der Waals surface area contributed by atoms with E-state index in [-0.39, 0.29) is 6.10 Å². The molecule has 3 saturated heterocycles. The molecule has 0 unspecified atom stereocenters. The van der Waals surface area contributed by atoms with Gasteiger partial charge in [-0.2, -0.15) is 26.3 Å². The summed E-state index contributed by atoms with van der Waals surface area (Å²) >= 11 is 0. The lowest BCUT2D eigenvalue weighted by Gasteiger charge is -2.36. The maximum Gasteiger partial charge on any atom is 0.490 e. The molecule has 3 aliphatic heterocycles. The molecule has 0 aromatic carbocycles. The lowest BCUT2D eigenvalue weighted by molar-refractivity contribution is -0.193. The Balaban J connectivity index is 0.000000286. The highest BCUT2D eigenvalue weighted by Crippen LogP contribution is 2.35. The summed E-state index contributed by atoms with van der Waals surface area (Å²) in [5.74, 6) is -3.97. The summed E-state index contributed by atoms with van der Waals surface area (Å²) in [5, 5.41) is 14.2. The van der Waals surface area contributed by atoms with Gasteiger partial charge in [0.25, 0.3) is 0 Å². The van der Waals surface area contributed by atoms with Crippen molar-refractivity contribution in [3.63, 3.8) is 0 Å². The number of pyridine rings is 1. The van der Waals surface area contributed by atoms with Crippen LogP contribution in [-0.4, -0.2) is 94.1 Å². The van der Waals surface area contributed by atoms with Gasteiger partial charge in [0.2, 0.25) is 5.91 Å². The van der Waals surface area contributed by atoms with Gasteiger partial charge in [-0.05, 0) is 43.0 Å². The molecule has 3 aliphatic rings. The van der Waals surface area contributed by atoms with Crippen LogP contribution in [0.3, 0.4) is 0 Å². The van der Waals surface area contributed by atoms with E-state index in [1.807, 2.05) is 17.3 Å². The Morgan fingerprint density at radius 3 is 2.08 bits per heavy atom. The predicted octanol–water partition coefficient (Wildman–Crippen LogP) is 2.81. The van der Waals surface area contributed by atoms with Crippen molar-refractivity contribution in [1.82, 2.24) is 14.8 Å². The monoisotopic (exact) mass is 543 g/mol. The van der Waals surface area contributed by atoms with Crippen molar-refractivity contribution in [1.29, 1.82) is 0 Å². The number of rotatable bonds is 4. The van der Waals surface area contributed by atoms with Crippen LogP contribution in [0, 0.1) is 11.8 Å². The Kier molecular flexibility index (Phi) is 10.7. The number of nitrogens with zero attached hydrogens (tertiary/aromatic N) is 3. The predicted molar refractivity (Wildman–Crippen MR) is 114 cm³/mol. The van der Waals surface area contributed by atoms with Crippen LogP contribution in [0.25, 0.3) is 0 Å². The quantitative estimate of drug-likeness (QED) is 0.557. The summed E-state index contributed by atoms with van der Waals surface area (Å²) in [4.78, 5) is 38.3. The van der Waals surface area contributed by atoms with Crippen LogP contribution in [0.1, 0.15) is 24.8 Å². The number of piperidine rings is 1. The van der Waals surface area contributed by atoms with E-state index in [1.165, 1.54) is 12.0 Å². The molecule has 0 saturated carbocycles. The van der Waals surface area contributed by atoms with E-state index in [0.29, 0.717) is 17.7 Å². The summed E-state index contributed by atoms with van der Waals surface area (Å²) in [6.07, 6.45) is -3.28. The van der Waals surface area contributed by atoms with Gasteiger partial charge >= 0.3 is 24.3 Å². The van der Waals surface area contributed by atoms with E-state index in [9.17, 15) is 31.1 Å². The number of fused-ring (bicyclic) bond motifs is 1. The average Bonchev–Trinajstić information content (AvgIpc) is 3.40. The van der Waals surface area contributed by atoms with Crippen LogP contribution in [-0.2, 0) is 25.7 Å². The Morgan fingerprint density at radius 1 is 1.03 bits per heavy atom. The van der Waals surface area contributed by atoms with Crippen molar-refractivity contribution in [2.24, 2.45) is 11.8 Å². The Labute approximate surface area is 208 Å². The minimum absolute atomic E-state index is 0.224.